The van der Waals surface area contributed by atoms with Crippen LogP contribution in [-0.2, 0) is 12.8 Å². The van der Waals surface area contributed by atoms with E-state index in [1.165, 1.54) is 11.1 Å². The van der Waals surface area contributed by atoms with Crippen LogP contribution >= 0.6 is 0 Å². The second kappa shape index (κ2) is 5.27. The molecule has 0 amide bonds. The molecule has 0 saturated carbocycles. The first kappa shape index (κ1) is 13.4. The lowest BCUT2D eigenvalue weighted by Crippen LogP contribution is -2.08. The fourth-order valence-corrected chi connectivity index (χ4v) is 3.34. The van der Waals surface area contributed by atoms with Crippen LogP contribution in [0.1, 0.15) is 11.1 Å². The van der Waals surface area contributed by atoms with Crippen molar-refractivity contribution in [2.45, 2.75) is 12.8 Å². The highest BCUT2D eigenvalue weighted by molar-refractivity contribution is 5.87. The summed E-state index contributed by atoms with van der Waals surface area (Å²) in [5, 5.41) is 0. The fourth-order valence-electron chi connectivity index (χ4n) is 3.34. The number of benzene rings is 3. The Labute approximate surface area is 140 Å². The van der Waals surface area contributed by atoms with Gasteiger partial charge in [0.15, 0.2) is 0 Å². The zero-order chi connectivity index (χ0) is 15.9. The molecule has 2 nitrogen and oxygen atoms in total. The molecule has 4 aromatic rings. The van der Waals surface area contributed by atoms with Gasteiger partial charge < -0.3 is 0 Å². The lowest BCUT2D eigenvalue weighted by molar-refractivity contribution is 0.842. The Morgan fingerprint density at radius 1 is 0.542 bits per heavy atom. The SMILES string of the molecule is c1ccc(-c2nc3cc4c(cc3nc2-c2ccccc2)CC4)cc1. The third-order valence-corrected chi connectivity index (χ3v) is 4.74. The van der Waals surface area contributed by atoms with E-state index >= 15 is 0 Å². The number of rotatable bonds is 2. The van der Waals surface area contributed by atoms with Gasteiger partial charge in [-0.25, -0.2) is 9.97 Å². The van der Waals surface area contributed by atoms with Gasteiger partial charge >= 0.3 is 0 Å². The molecular formula is C22H16N2. The van der Waals surface area contributed by atoms with E-state index in [2.05, 4.69) is 36.4 Å². The summed E-state index contributed by atoms with van der Waals surface area (Å²) < 4.78 is 0. The van der Waals surface area contributed by atoms with Crippen LogP contribution in [0.5, 0.6) is 0 Å². The van der Waals surface area contributed by atoms with Crippen molar-refractivity contribution in [1.82, 2.24) is 9.97 Å². The predicted molar refractivity (Wildman–Crippen MR) is 97.8 cm³/mol. The van der Waals surface area contributed by atoms with Crippen LogP contribution in [0.15, 0.2) is 72.8 Å². The molecule has 1 heterocycles. The zero-order valence-electron chi connectivity index (χ0n) is 13.2. The highest BCUT2D eigenvalue weighted by atomic mass is 14.8. The van der Waals surface area contributed by atoms with Gasteiger partial charge in [0.2, 0.25) is 0 Å². The number of fused-ring (bicyclic) bond motifs is 2. The minimum atomic E-state index is 0.952. The minimum absolute atomic E-state index is 0.952. The summed E-state index contributed by atoms with van der Waals surface area (Å²) in [7, 11) is 0. The van der Waals surface area contributed by atoms with Gasteiger partial charge in [-0.15, -0.1) is 0 Å². The molecule has 0 unspecified atom stereocenters. The van der Waals surface area contributed by atoms with Gasteiger partial charge in [0.25, 0.3) is 0 Å². The van der Waals surface area contributed by atoms with E-state index in [0.29, 0.717) is 0 Å². The maximum Gasteiger partial charge on any atom is 0.0973 e. The third-order valence-electron chi connectivity index (χ3n) is 4.74. The average Bonchev–Trinajstić information content (AvgIpc) is 2.64. The highest BCUT2D eigenvalue weighted by Gasteiger charge is 2.18. The number of hydrogen-bond donors (Lipinski definition) is 0. The summed E-state index contributed by atoms with van der Waals surface area (Å²) in [6.07, 6.45) is 2.32. The average molecular weight is 308 g/mol. The Balaban J connectivity index is 1.82. The minimum Gasteiger partial charge on any atom is -0.244 e. The van der Waals surface area contributed by atoms with Gasteiger partial charge in [-0.05, 0) is 36.1 Å². The molecule has 0 saturated heterocycles. The van der Waals surface area contributed by atoms with E-state index < -0.39 is 0 Å². The van der Waals surface area contributed by atoms with E-state index in [9.17, 15) is 0 Å². The summed E-state index contributed by atoms with van der Waals surface area (Å²) in [6.45, 7) is 0. The van der Waals surface area contributed by atoms with Crippen molar-refractivity contribution in [2.24, 2.45) is 0 Å². The summed E-state index contributed by atoms with van der Waals surface area (Å²) in [5.74, 6) is 0. The van der Waals surface area contributed by atoms with Crippen molar-refractivity contribution in [3.05, 3.63) is 83.9 Å². The highest BCUT2D eigenvalue weighted by Crippen LogP contribution is 2.33. The van der Waals surface area contributed by atoms with E-state index in [4.69, 9.17) is 9.97 Å². The summed E-state index contributed by atoms with van der Waals surface area (Å²) in [5.41, 5.74) is 8.94. The lowest BCUT2D eigenvalue weighted by Gasteiger charge is -2.19. The first-order chi connectivity index (χ1) is 11.9. The zero-order valence-corrected chi connectivity index (χ0v) is 13.2. The van der Waals surface area contributed by atoms with Crippen LogP contribution in [0.3, 0.4) is 0 Å². The predicted octanol–water partition coefficient (Wildman–Crippen LogP) is 5.06. The van der Waals surface area contributed by atoms with Gasteiger partial charge in [-0.1, -0.05) is 60.7 Å². The molecule has 0 N–H and O–H groups in total. The number of nitrogens with zero attached hydrogens (tertiary/aromatic N) is 2. The Bertz CT molecular complexity index is 952. The largest absolute Gasteiger partial charge is 0.244 e. The third kappa shape index (κ3) is 2.11. The van der Waals surface area contributed by atoms with Crippen LogP contribution in [-0.4, -0.2) is 9.97 Å². The van der Waals surface area contributed by atoms with Crippen molar-refractivity contribution in [3.63, 3.8) is 0 Å². The molecule has 0 fully saturated rings. The molecule has 2 heteroatoms. The Kier molecular flexibility index (Phi) is 2.95. The Morgan fingerprint density at radius 2 is 0.958 bits per heavy atom. The molecule has 0 atom stereocenters. The quantitative estimate of drug-likeness (QED) is 0.517. The number of aryl methyl sites for hydroxylation is 2. The second-order valence-electron chi connectivity index (χ2n) is 6.26. The van der Waals surface area contributed by atoms with E-state index in [0.717, 1.165) is 46.4 Å². The molecule has 1 aliphatic rings. The first-order valence-corrected chi connectivity index (χ1v) is 8.33. The van der Waals surface area contributed by atoms with E-state index in [1.807, 2.05) is 36.4 Å². The van der Waals surface area contributed by atoms with Crippen LogP contribution in [0.2, 0.25) is 0 Å². The maximum atomic E-state index is 5.00. The molecule has 0 bridgehead atoms. The lowest BCUT2D eigenvalue weighted by atomic mass is 9.88. The normalized spacial score (nSPS) is 12.7. The standard InChI is InChI=1S/C22H16N2/c1-3-7-15(8-4-1)21-22(16-9-5-2-6-10-16)24-20-14-18-12-11-17(18)13-19(20)23-21/h1-10,13-14H,11-12H2. The van der Waals surface area contributed by atoms with Crippen molar-refractivity contribution < 1.29 is 0 Å². The molecule has 114 valence electrons. The van der Waals surface area contributed by atoms with Crippen molar-refractivity contribution in [2.75, 3.05) is 0 Å². The molecule has 5 rings (SSSR count). The van der Waals surface area contributed by atoms with Crippen molar-refractivity contribution >= 4 is 11.0 Å². The Hall–Kier alpha value is -3.00. The van der Waals surface area contributed by atoms with E-state index in [-0.39, 0.29) is 0 Å². The van der Waals surface area contributed by atoms with Crippen LogP contribution < -0.4 is 0 Å². The van der Waals surface area contributed by atoms with Gasteiger partial charge in [-0.3, -0.25) is 0 Å². The summed E-state index contributed by atoms with van der Waals surface area (Å²) in [4.78, 5) is 9.99. The molecule has 0 aliphatic heterocycles. The molecular weight excluding hydrogens is 292 g/mol. The maximum absolute atomic E-state index is 5.00. The van der Waals surface area contributed by atoms with E-state index in [1.54, 1.807) is 0 Å². The topological polar surface area (TPSA) is 25.8 Å². The number of hydrogen-bond acceptors (Lipinski definition) is 2. The fraction of sp³-hybridized carbons (Fsp3) is 0.0909. The van der Waals surface area contributed by atoms with Gasteiger partial charge in [-0.2, -0.15) is 0 Å². The smallest absolute Gasteiger partial charge is 0.0973 e. The van der Waals surface area contributed by atoms with Crippen LogP contribution in [0, 0.1) is 0 Å². The number of aromatic nitrogens is 2. The monoisotopic (exact) mass is 308 g/mol. The molecule has 1 aliphatic carbocycles. The van der Waals surface area contributed by atoms with Crippen LogP contribution in [0.4, 0.5) is 0 Å². The molecule has 1 aromatic heterocycles. The molecule has 3 aromatic carbocycles. The van der Waals surface area contributed by atoms with Gasteiger partial charge in [0.05, 0.1) is 22.4 Å². The molecule has 0 spiro atoms. The van der Waals surface area contributed by atoms with Gasteiger partial charge in [0.1, 0.15) is 0 Å². The first-order valence-electron chi connectivity index (χ1n) is 8.33. The van der Waals surface area contributed by atoms with Crippen LogP contribution in [0.25, 0.3) is 33.5 Å². The Morgan fingerprint density at radius 3 is 1.33 bits per heavy atom. The second-order valence-corrected chi connectivity index (χ2v) is 6.26. The van der Waals surface area contributed by atoms with Crippen molar-refractivity contribution in [1.29, 1.82) is 0 Å². The molecule has 24 heavy (non-hydrogen) atoms. The molecule has 0 radical (unpaired) electrons. The summed E-state index contributed by atoms with van der Waals surface area (Å²) >= 11 is 0. The summed E-state index contributed by atoms with van der Waals surface area (Å²) in [6, 6.07) is 25.1. The van der Waals surface area contributed by atoms with Crippen molar-refractivity contribution in [3.8, 4) is 22.5 Å². The van der Waals surface area contributed by atoms with Gasteiger partial charge in [0, 0.05) is 11.1 Å².